The smallest absolute Gasteiger partial charge is 0.254 e. The number of aryl methyl sites for hydroxylation is 2. The summed E-state index contributed by atoms with van der Waals surface area (Å²) in [7, 11) is -2.93. The fourth-order valence-electron chi connectivity index (χ4n) is 4.52. The Morgan fingerprint density at radius 1 is 0.903 bits per heavy atom. The van der Waals surface area contributed by atoms with Crippen molar-refractivity contribution in [3.05, 3.63) is 70.3 Å². The molecular weight excluding hydrogens is 412 g/mol. The van der Waals surface area contributed by atoms with E-state index in [1.165, 1.54) is 0 Å². The SMILES string of the molecule is Cc1ccc(C)c(C(=O)c2ccccc2C(=O)N2CCN(C3CCS(=O)(=O)C3)CC2)c1. The first-order valence-corrected chi connectivity index (χ1v) is 12.5. The molecule has 1 amide bonds. The van der Waals surface area contributed by atoms with Gasteiger partial charge in [-0.05, 0) is 38.0 Å². The molecule has 2 aliphatic rings. The molecule has 31 heavy (non-hydrogen) atoms. The first kappa shape index (κ1) is 21.7. The number of hydrogen-bond acceptors (Lipinski definition) is 5. The van der Waals surface area contributed by atoms with Crippen molar-refractivity contribution in [2.75, 3.05) is 37.7 Å². The van der Waals surface area contributed by atoms with Crippen molar-refractivity contribution < 1.29 is 18.0 Å². The molecule has 2 fully saturated rings. The molecule has 2 aliphatic heterocycles. The molecule has 0 aliphatic carbocycles. The molecular formula is C24H28N2O4S. The third-order valence-corrected chi connectivity index (χ3v) is 8.12. The summed E-state index contributed by atoms with van der Waals surface area (Å²) < 4.78 is 23.6. The molecule has 0 N–H and O–H groups in total. The first-order chi connectivity index (χ1) is 14.7. The summed E-state index contributed by atoms with van der Waals surface area (Å²) >= 11 is 0. The lowest BCUT2D eigenvalue weighted by molar-refractivity contribution is 0.0585. The lowest BCUT2D eigenvalue weighted by Crippen LogP contribution is -2.52. The Morgan fingerprint density at radius 2 is 1.58 bits per heavy atom. The topological polar surface area (TPSA) is 74.8 Å². The quantitative estimate of drug-likeness (QED) is 0.683. The van der Waals surface area contributed by atoms with Crippen molar-refractivity contribution in [1.29, 1.82) is 0 Å². The summed E-state index contributed by atoms with van der Waals surface area (Å²) in [5.41, 5.74) is 3.35. The minimum Gasteiger partial charge on any atom is -0.336 e. The number of amides is 1. The molecule has 0 saturated carbocycles. The lowest BCUT2D eigenvalue weighted by atomic mass is 9.94. The summed E-state index contributed by atoms with van der Waals surface area (Å²) in [4.78, 5) is 30.5. The van der Waals surface area contributed by atoms with E-state index < -0.39 is 9.84 Å². The minimum atomic E-state index is -2.93. The number of carbonyl (C=O) groups excluding carboxylic acids is 2. The Hall–Kier alpha value is -2.51. The van der Waals surface area contributed by atoms with E-state index >= 15 is 0 Å². The van der Waals surface area contributed by atoms with Crippen molar-refractivity contribution in [2.24, 2.45) is 0 Å². The highest BCUT2D eigenvalue weighted by atomic mass is 32.2. The maximum atomic E-state index is 13.3. The van der Waals surface area contributed by atoms with Crippen molar-refractivity contribution in [3.8, 4) is 0 Å². The number of piperazine rings is 1. The minimum absolute atomic E-state index is 0.0559. The van der Waals surface area contributed by atoms with Gasteiger partial charge in [0, 0.05) is 43.3 Å². The molecule has 2 aromatic carbocycles. The standard InChI is InChI=1S/C24H28N2O4S/c1-17-7-8-18(2)22(15-17)23(27)20-5-3-4-6-21(20)24(28)26-12-10-25(11-13-26)19-9-14-31(29,30)16-19/h3-8,15,19H,9-14,16H2,1-2H3. The van der Waals surface area contributed by atoms with E-state index in [0.717, 1.165) is 11.1 Å². The van der Waals surface area contributed by atoms with Crippen molar-refractivity contribution in [1.82, 2.24) is 9.80 Å². The Labute approximate surface area is 183 Å². The van der Waals surface area contributed by atoms with Crippen LogP contribution in [0.1, 0.15) is 43.8 Å². The molecule has 4 rings (SSSR count). The molecule has 2 aromatic rings. The number of carbonyl (C=O) groups is 2. The number of rotatable bonds is 4. The Kier molecular flexibility index (Phi) is 5.99. The van der Waals surface area contributed by atoms with Crippen LogP contribution < -0.4 is 0 Å². The van der Waals surface area contributed by atoms with E-state index in [4.69, 9.17) is 0 Å². The highest BCUT2D eigenvalue weighted by molar-refractivity contribution is 7.91. The van der Waals surface area contributed by atoms with Crippen LogP contribution in [0.15, 0.2) is 42.5 Å². The van der Waals surface area contributed by atoms with Gasteiger partial charge in [0.2, 0.25) is 0 Å². The predicted molar refractivity (Wildman–Crippen MR) is 120 cm³/mol. The van der Waals surface area contributed by atoms with Gasteiger partial charge >= 0.3 is 0 Å². The van der Waals surface area contributed by atoms with Gasteiger partial charge in [-0.2, -0.15) is 0 Å². The van der Waals surface area contributed by atoms with Gasteiger partial charge < -0.3 is 4.90 Å². The van der Waals surface area contributed by atoms with Gasteiger partial charge in [-0.3, -0.25) is 14.5 Å². The summed E-state index contributed by atoms with van der Waals surface area (Å²) in [6, 6.07) is 12.8. The molecule has 1 unspecified atom stereocenters. The fraction of sp³-hybridized carbons (Fsp3) is 0.417. The van der Waals surface area contributed by atoms with Crippen molar-refractivity contribution >= 4 is 21.5 Å². The highest BCUT2D eigenvalue weighted by Gasteiger charge is 2.35. The number of nitrogens with zero attached hydrogens (tertiary/aromatic N) is 2. The van der Waals surface area contributed by atoms with Gasteiger partial charge in [0.25, 0.3) is 5.91 Å². The average Bonchev–Trinajstić information content (AvgIpc) is 3.14. The fourth-order valence-corrected chi connectivity index (χ4v) is 6.28. The van der Waals surface area contributed by atoms with Crippen LogP contribution in [0.5, 0.6) is 0 Å². The molecule has 2 heterocycles. The van der Waals surface area contributed by atoms with Crippen LogP contribution in [0, 0.1) is 13.8 Å². The van der Waals surface area contributed by atoms with E-state index in [1.54, 1.807) is 29.2 Å². The van der Waals surface area contributed by atoms with Crippen molar-refractivity contribution in [2.45, 2.75) is 26.3 Å². The summed E-state index contributed by atoms with van der Waals surface area (Å²) in [5.74, 6) is 0.187. The normalized spacial score (nSPS) is 21.2. The van der Waals surface area contributed by atoms with Crippen LogP contribution in [0.4, 0.5) is 0 Å². The first-order valence-electron chi connectivity index (χ1n) is 10.7. The molecule has 0 aromatic heterocycles. The Bertz CT molecular complexity index is 1120. The zero-order valence-electron chi connectivity index (χ0n) is 18.0. The van der Waals surface area contributed by atoms with Crippen LogP contribution in [-0.2, 0) is 9.84 Å². The third kappa shape index (κ3) is 4.57. The zero-order valence-corrected chi connectivity index (χ0v) is 18.8. The van der Waals surface area contributed by atoms with Gasteiger partial charge in [0.05, 0.1) is 17.1 Å². The second-order valence-corrected chi connectivity index (χ2v) is 10.8. The van der Waals surface area contributed by atoms with E-state index in [1.807, 2.05) is 32.0 Å². The second kappa shape index (κ2) is 8.55. The van der Waals surface area contributed by atoms with Crippen LogP contribution >= 0.6 is 0 Å². The van der Waals surface area contributed by atoms with Crippen LogP contribution in [-0.4, -0.2) is 73.6 Å². The van der Waals surface area contributed by atoms with Gasteiger partial charge in [-0.15, -0.1) is 0 Å². The maximum Gasteiger partial charge on any atom is 0.254 e. The number of sulfone groups is 1. The van der Waals surface area contributed by atoms with Crippen molar-refractivity contribution in [3.63, 3.8) is 0 Å². The molecule has 164 valence electrons. The molecule has 1 atom stereocenters. The molecule has 0 bridgehead atoms. The molecule has 7 heteroatoms. The molecule has 0 spiro atoms. The number of ketones is 1. The third-order valence-electron chi connectivity index (χ3n) is 6.37. The summed E-state index contributed by atoms with van der Waals surface area (Å²) in [5, 5.41) is 0. The summed E-state index contributed by atoms with van der Waals surface area (Å²) in [6.07, 6.45) is 0.670. The van der Waals surface area contributed by atoms with E-state index in [-0.39, 0.29) is 29.2 Å². The second-order valence-electron chi connectivity index (χ2n) is 8.58. The van der Waals surface area contributed by atoms with Gasteiger partial charge in [-0.1, -0.05) is 35.9 Å². The molecule has 6 nitrogen and oxygen atoms in total. The average molecular weight is 441 g/mol. The number of benzene rings is 2. The van der Waals surface area contributed by atoms with Gasteiger partial charge in [-0.25, -0.2) is 8.42 Å². The van der Waals surface area contributed by atoms with Crippen LogP contribution in [0.3, 0.4) is 0 Å². The van der Waals surface area contributed by atoms with Gasteiger partial charge in [0.15, 0.2) is 15.6 Å². The Balaban J connectivity index is 1.50. The lowest BCUT2D eigenvalue weighted by Gasteiger charge is -2.37. The van der Waals surface area contributed by atoms with E-state index in [0.29, 0.717) is 49.3 Å². The van der Waals surface area contributed by atoms with Crippen LogP contribution in [0.2, 0.25) is 0 Å². The maximum absolute atomic E-state index is 13.3. The predicted octanol–water partition coefficient (Wildman–Crippen LogP) is 2.48. The zero-order chi connectivity index (χ0) is 22.2. The summed E-state index contributed by atoms with van der Waals surface area (Å²) in [6.45, 7) is 6.21. The Morgan fingerprint density at radius 3 is 2.23 bits per heavy atom. The van der Waals surface area contributed by atoms with Crippen LogP contribution in [0.25, 0.3) is 0 Å². The molecule has 2 saturated heterocycles. The largest absolute Gasteiger partial charge is 0.336 e. The molecule has 0 radical (unpaired) electrons. The number of hydrogen-bond donors (Lipinski definition) is 0. The van der Waals surface area contributed by atoms with Gasteiger partial charge in [0.1, 0.15) is 0 Å². The van der Waals surface area contributed by atoms with E-state index in [2.05, 4.69) is 4.90 Å². The monoisotopic (exact) mass is 440 g/mol. The highest BCUT2D eigenvalue weighted by Crippen LogP contribution is 2.22. The van der Waals surface area contributed by atoms with E-state index in [9.17, 15) is 18.0 Å².